The molecule has 0 atom stereocenters. The molecule has 138 valence electrons. The first-order valence-corrected chi connectivity index (χ1v) is 10.2. The summed E-state index contributed by atoms with van der Waals surface area (Å²) in [7, 11) is -3.51. The van der Waals surface area contributed by atoms with Crippen LogP contribution >= 0.6 is 0 Å². The number of carbonyl (C=O) groups excluding carboxylic acids is 1. The second-order valence-electron chi connectivity index (χ2n) is 6.72. The molecule has 0 aliphatic carbocycles. The van der Waals surface area contributed by atoms with Gasteiger partial charge in [0.1, 0.15) is 0 Å². The van der Waals surface area contributed by atoms with Crippen LogP contribution in [0.4, 0.5) is 0 Å². The van der Waals surface area contributed by atoms with Gasteiger partial charge in [0.25, 0.3) is 0 Å². The van der Waals surface area contributed by atoms with E-state index in [0.717, 1.165) is 16.7 Å². The van der Waals surface area contributed by atoms with Crippen molar-refractivity contribution in [3.05, 3.63) is 65.2 Å². The monoisotopic (exact) mass is 372 g/mol. The number of sulfonamides is 1. The quantitative estimate of drug-likeness (QED) is 0.828. The van der Waals surface area contributed by atoms with Crippen LogP contribution < -0.4 is 0 Å². The van der Waals surface area contributed by atoms with Gasteiger partial charge in [-0.2, -0.15) is 4.31 Å². The van der Waals surface area contributed by atoms with Gasteiger partial charge < -0.3 is 4.90 Å². The Morgan fingerprint density at radius 2 is 1.65 bits per heavy atom. The zero-order valence-corrected chi connectivity index (χ0v) is 16.0. The molecule has 2 aromatic carbocycles. The Balaban J connectivity index is 1.64. The van der Waals surface area contributed by atoms with E-state index in [0.29, 0.717) is 37.5 Å². The third-order valence-corrected chi connectivity index (χ3v) is 6.80. The molecule has 6 heteroatoms. The van der Waals surface area contributed by atoms with Crippen molar-refractivity contribution in [1.82, 2.24) is 9.21 Å². The Hall–Kier alpha value is -2.18. The molecule has 0 unspecified atom stereocenters. The maximum atomic E-state index is 12.8. The Labute approximate surface area is 155 Å². The summed E-state index contributed by atoms with van der Waals surface area (Å²) in [6.45, 7) is 5.32. The van der Waals surface area contributed by atoms with E-state index in [9.17, 15) is 13.2 Å². The van der Waals surface area contributed by atoms with Gasteiger partial charge in [-0.05, 0) is 31.0 Å². The second kappa shape index (κ2) is 7.60. The standard InChI is InChI=1S/C20H24N2O3S/c1-16-6-5-8-18(14-16)15-20(23)21-10-12-22(13-11-21)26(24,25)19-9-4-3-7-17(19)2/h3-9,14H,10-13,15H2,1-2H3. The van der Waals surface area contributed by atoms with Crippen LogP contribution in [0.1, 0.15) is 16.7 Å². The lowest BCUT2D eigenvalue weighted by atomic mass is 10.1. The first-order valence-electron chi connectivity index (χ1n) is 8.77. The molecule has 0 bridgehead atoms. The highest BCUT2D eigenvalue weighted by molar-refractivity contribution is 7.89. The molecule has 1 aliphatic rings. The van der Waals surface area contributed by atoms with Gasteiger partial charge in [0, 0.05) is 26.2 Å². The number of amides is 1. The van der Waals surface area contributed by atoms with Crippen LogP contribution in [0.5, 0.6) is 0 Å². The molecule has 3 rings (SSSR count). The maximum absolute atomic E-state index is 12.8. The highest BCUT2D eigenvalue weighted by Crippen LogP contribution is 2.21. The molecular weight excluding hydrogens is 348 g/mol. The minimum absolute atomic E-state index is 0.0449. The predicted molar refractivity (Wildman–Crippen MR) is 101 cm³/mol. The molecule has 2 aromatic rings. The average molecular weight is 372 g/mol. The number of nitrogens with zero attached hydrogens (tertiary/aromatic N) is 2. The van der Waals surface area contributed by atoms with Gasteiger partial charge in [-0.3, -0.25) is 4.79 Å². The first kappa shape index (κ1) is 18.6. The van der Waals surface area contributed by atoms with E-state index in [1.165, 1.54) is 4.31 Å². The topological polar surface area (TPSA) is 57.7 Å². The van der Waals surface area contributed by atoms with Gasteiger partial charge >= 0.3 is 0 Å². The maximum Gasteiger partial charge on any atom is 0.243 e. The number of hydrogen-bond acceptors (Lipinski definition) is 3. The van der Waals surface area contributed by atoms with Crippen molar-refractivity contribution in [1.29, 1.82) is 0 Å². The van der Waals surface area contributed by atoms with Crippen molar-refractivity contribution in [2.24, 2.45) is 0 Å². The Kier molecular flexibility index (Phi) is 5.44. The minimum atomic E-state index is -3.51. The van der Waals surface area contributed by atoms with Crippen LogP contribution in [0.3, 0.4) is 0 Å². The van der Waals surface area contributed by atoms with Crippen molar-refractivity contribution < 1.29 is 13.2 Å². The van der Waals surface area contributed by atoms with Crippen LogP contribution in [0.15, 0.2) is 53.4 Å². The Morgan fingerprint density at radius 3 is 2.31 bits per heavy atom. The predicted octanol–water partition coefficient (Wildman–Crippen LogP) is 2.38. The third kappa shape index (κ3) is 3.97. The van der Waals surface area contributed by atoms with Gasteiger partial charge in [0.15, 0.2) is 0 Å². The van der Waals surface area contributed by atoms with Crippen LogP contribution in [-0.4, -0.2) is 49.7 Å². The summed E-state index contributed by atoms with van der Waals surface area (Å²) in [6.07, 6.45) is 0.353. The van der Waals surface area contributed by atoms with Gasteiger partial charge in [-0.25, -0.2) is 8.42 Å². The molecule has 1 saturated heterocycles. The Morgan fingerprint density at radius 1 is 0.962 bits per heavy atom. The number of carbonyl (C=O) groups is 1. The molecule has 0 spiro atoms. The SMILES string of the molecule is Cc1cccc(CC(=O)N2CCN(S(=O)(=O)c3ccccc3C)CC2)c1. The molecule has 0 radical (unpaired) electrons. The minimum Gasteiger partial charge on any atom is -0.340 e. The van der Waals surface area contributed by atoms with Crippen LogP contribution in [-0.2, 0) is 21.2 Å². The van der Waals surface area contributed by atoms with Crippen molar-refractivity contribution in [3.63, 3.8) is 0 Å². The lowest BCUT2D eigenvalue weighted by molar-refractivity contribution is -0.131. The Bertz CT molecular complexity index is 901. The van der Waals surface area contributed by atoms with Gasteiger partial charge in [0.2, 0.25) is 15.9 Å². The molecule has 1 amide bonds. The second-order valence-corrected chi connectivity index (χ2v) is 8.62. The van der Waals surface area contributed by atoms with E-state index in [1.807, 2.05) is 37.3 Å². The number of rotatable bonds is 4. The van der Waals surface area contributed by atoms with E-state index in [-0.39, 0.29) is 5.91 Å². The van der Waals surface area contributed by atoms with E-state index < -0.39 is 10.0 Å². The normalized spacial score (nSPS) is 15.8. The summed E-state index contributed by atoms with van der Waals surface area (Å²) in [5.41, 5.74) is 2.86. The number of aryl methyl sites for hydroxylation is 2. The summed E-state index contributed by atoms with van der Waals surface area (Å²) in [5, 5.41) is 0. The van der Waals surface area contributed by atoms with Gasteiger partial charge in [-0.1, -0.05) is 48.0 Å². The van der Waals surface area contributed by atoms with E-state index >= 15 is 0 Å². The van der Waals surface area contributed by atoms with Crippen LogP contribution in [0.2, 0.25) is 0 Å². The average Bonchev–Trinajstić information content (AvgIpc) is 2.62. The number of piperazine rings is 1. The van der Waals surface area contributed by atoms with Gasteiger partial charge in [0.05, 0.1) is 11.3 Å². The summed E-state index contributed by atoms with van der Waals surface area (Å²) in [4.78, 5) is 14.6. The first-order chi connectivity index (χ1) is 12.4. The van der Waals surface area contributed by atoms with E-state index in [2.05, 4.69) is 0 Å². The molecule has 1 heterocycles. The smallest absolute Gasteiger partial charge is 0.243 e. The van der Waals surface area contributed by atoms with E-state index in [4.69, 9.17) is 0 Å². The molecule has 0 aromatic heterocycles. The molecule has 5 nitrogen and oxygen atoms in total. The largest absolute Gasteiger partial charge is 0.340 e. The molecule has 1 fully saturated rings. The fourth-order valence-corrected chi connectivity index (χ4v) is 4.92. The van der Waals surface area contributed by atoms with Crippen molar-refractivity contribution >= 4 is 15.9 Å². The molecule has 26 heavy (non-hydrogen) atoms. The van der Waals surface area contributed by atoms with Crippen LogP contribution in [0.25, 0.3) is 0 Å². The van der Waals surface area contributed by atoms with Crippen LogP contribution in [0, 0.1) is 13.8 Å². The van der Waals surface area contributed by atoms with Crippen molar-refractivity contribution in [3.8, 4) is 0 Å². The molecular formula is C20H24N2O3S. The highest BCUT2D eigenvalue weighted by Gasteiger charge is 2.30. The fraction of sp³-hybridized carbons (Fsp3) is 0.350. The van der Waals surface area contributed by atoms with Crippen molar-refractivity contribution in [2.45, 2.75) is 25.2 Å². The number of benzene rings is 2. The summed E-state index contributed by atoms with van der Waals surface area (Å²) in [5.74, 6) is 0.0449. The number of hydrogen-bond donors (Lipinski definition) is 0. The van der Waals surface area contributed by atoms with E-state index in [1.54, 1.807) is 30.0 Å². The summed E-state index contributed by atoms with van der Waals surface area (Å²) >= 11 is 0. The highest BCUT2D eigenvalue weighted by atomic mass is 32.2. The van der Waals surface area contributed by atoms with Gasteiger partial charge in [-0.15, -0.1) is 0 Å². The zero-order valence-electron chi connectivity index (χ0n) is 15.2. The lowest BCUT2D eigenvalue weighted by Crippen LogP contribution is -2.50. The zero-order chi connectivity index (χ0) is 18.7. The summed E-state index contributed by atoms with van der Waals surface area (Å²) < 4.78 is 27.1. The summed E-state index contributed by atoms with van der Waals surface area (Å²) in [6, 6.07) is 14.9. The fourth-order valence-electron chi connectivity index (χ4n) is 3.27. The molecule has 1 aliphatic heterocycles. The molecule has 0 N–H and O–H groups in total. The third-order valence-electron chi connectivity index (χ3n) is 4.74. The lowest BCUT2D eigenvalue weighted by Gasteiger charge is -2.34. The molecule has 0 saturated carbocycles. The van der Waals surface area contributed by atoms with Crippen molar-refractivity contribution in [2.75, 3.05) is 26.2 Å².